The molecule has 0 radical (unpaired) electrons. The Kier molecular flexibility index (Phi) is 3.13. The van der Waals surface area contributed by atoms with E-state index in [1.54, 1.807) is 0 Å². The number of likely N-dealkylation sites (tertiary alicyclic amines) is 1. The monoisotopic (exact) mass is 211 g/mol. The average molecular weight is 211 g/mol. The van der Waals surface area contributed by atoms with Crippen LogP contribution in [0.3, 0.4) is 0 Å². The van der Waals surface area contributed by atoms with Crippen molar-refractivity contribution < 1.29 is 0 Å². The third kappa shape index (κ3) is 1.96. The normalized spacial score (nSPS) is 23.1. The Labute approximate surface area is 90.5 Å². The summed E-state index contributed by atoms with van der Waals surface area (Å²) in [5, 5.41) is 4.23. The molecule has 1 aliphatic rings. The lowest BCUT2D eigenvalue weighted by molar-refractivity contribution is 0.274. The SMILES string of the molecule is Cn1cc(C2CCCN2CCS)cn1. The number of aromatic nitrogens is 2. The van der Waals surface area contributed by atoms with Gasteiger partial charge < -0.3 is 0 Å². The maximum absolute atomic E-state index is 4.29. The van der Waals surface area contributed by atoms with Crippen LogP contribution in [0.2, 0.25) is 0 Å². The van der Waals surface area contributed by atoms with Crippen molar-refractivity contribution in [1.29, 1.82) is 0 Å². The molecule has 0 spiro atoms. The number of rotatable bonds is 3. The smallest absolute Gasteiger partial charge is 0.0537 e. The Bertz CT molecular complexity index is 297. The number of nitrogens with zero attached hydrogens (tertiary/aromatic N) is 3. The van der Waals surface area contributed by atoms with Crippen molar-refractivity contribution in [3.63, 3.8) is 0 Å². The first-order chi connectivity index (χ1) is 6.81. The quantitative estimate of drug-likeness (QED) is 0.765. The Morgan fingerprint density at radius 1 is 1.64 bits per heavy atom. The number of thiol groups is 1. The van der Waals surface area contributed by atoms with Gasteiger partial charge >= 0.3 is 0 Å². The standard InChI is InChI=1S/C10H17N3S/c1-12-8-9(7-11-12)10-3-2-4-13(10)5-6-14/h7-8,10,14H,2-6H2,1H3. The maximum Gasteiger partial charge on any atom is 0.0537 e. The fraction of sp³-hybridized carbons (Fsp3) is 0.700. The molecule has 1 saturated heterocycles. The maximum atomic E-state index is 4.29. The largest absolute Gasteiger partial charge is 0.295 e. The topological polar surface area (TPSA) is 21.1 Å². The van der Waals surface area contributed by atoms with Crippen LogP contribution in [-0.2, 0) is 7.05 Å². The van der Waals surface area contributed by atoms with Crippen molar-refractivity contribution in [2.45, 2.75) is 18.9 Å². The average Bonchev–Trinajstić information content (AvgIpc) is 2.74. The molecule has 0 bridgehead atoms. The highest BCUT2D eigenvalue weighted by Gasteiger charge is 2.25. The minimum atomic E-state index is 0.579. The number of hydrogen-bond donors (Lipinski definition) is 1. The molecule has 0 amide bonds. The van der Waals surface area contributed by atoms with Gasteiger partial charge in [0.15, 0.2) is 0 Å². The Morgan fingerprint density at radius 2 is 2.50 bits per heavy atom. The summed E-state index contributed by atoms with van der Waals surface area (Å²) in [5.41, 5.74) is 1.35. The molecule has 4 heteroatoms. The molecular weight excluding hydrogens is 194 g/mol. The van der Waals surface area contributed by atoms with Crippen molar-refractivity contribution in [3.05, 3.63) is 18.0 Å². The fourth-order valence-corrected chi connectivity index (χ4v) is 2.47. The third-order valence-corrected chi connectivity index (χ3v) is 3.06. The fourth-order valence-electron chi connectivity index (χ4n) is 2.21. The molecule has 1 aromatic rings. The molecule has 2 rings (SSSR count). The van der Waals surface area contributed by atoms with Gasteiger partial charge in [-0.1, -0.05) is 0 Å². The molecule has 78 valence electrons. The molecule has 1 aromatic heterocycles. The predicted molar refractivity (Wildman–Crippen MR) is 60.6 cm³/mol. The van der Waals surface area contributed by atoms with E-state index in [4.69, 9.17) is 0 Å². The molecule has 0 aromatic carbocycles. The second-order valence-electron chi connectivity index (χ2n) is 3.86. The minimum absolute atomic E-state index is 0.579. The van der Waals surface area contributed by atoms with Crippen LogP contribution in [0.15, 0.2) is 12.4 Å². The van der Waals surface area contributed by atoms with Gasteiger partial charge in [-0.15, -0.1) is 0 Å². The lowest BCUT2D eigenvalue weighted by atomic mass is 10.1. The first-order valence-electron chi connectivity index (χ1n) is 5.14. The summed E-state index contributed by atoms with van der Waals surface area (Å²) in [6, 6.07) is 0.579. The second-order valence-corrected chi connectivity index (χ2v) is 4.31. The summed E-state index contributed by atoms with van der Waals surface area (Å²) in [5.74, 6) is 0.941. The van der Waals surface area contributed by atoms with E-state index in [0.29, 0.717) is 6.04 Å². The van der Waals surface area contributed by atoms with Crippen LogP contribution in [0.5, 0.6) is 0 Å². The second kappa shape index (κ2) is 4.36. The summed E-state index contributed by atoms with van der Waals surface area (Å²) in [6.07, 6.45) is 6.68. The van der Waals surface area contributed by atoms with Gasteiger partial charge in [-0.3, -0.25) is 9.58 Å². The molecule has 2 heterocycles. The van der Waals surface area contributed by atoms with Gasteiger partial charge in [0.2, 0.25) is 0 Å². The van der Waals surface area contributed by atoms with E-state index in [1.807, 2.05) is 17.9 Å². The van der Waals surface area contributed by atoms with Crippen molar-refractivity contribution in [2.75, 3.05) is 18.8 Å². The highest BCUT2D eigenvalue weighted by molar-refractivity contribution is 7.80. The van der Waals surface area contributed by atoms with Gasteiger partial charge in [0.1, 0.15) is 0 Å². The molecule has 14 heavy (non-hydrogen) atoms. The number of hydrogen-bond acceptors (Lipinski definition) is 3. The first kappa shape index (κ1) is 10.1. The number of aryl methyl sites for hydroxylation is 1. The van der Waals surface area contributed by atoms with E-state index in [9.17, 15) is 0 Å². The van der Waals surface area contributed by atoms with Gasteiger partial charge in [0.05, 0.1) is 6.20 Å². The zero-order valence-electron chi connectivity index (χ0n) is 8.56. The predicted octanol–water partition coefficient (Wildman–Crippen LogP) is 1.49. The zero-order chi connectivity index (χ0) is 9.97. The van der Waals surface area contributed by atoms with E-state index in [-0.39, 0.29) is 0 Å². The van der Waals surface area contributed by atoms with Crippen molar-refractivity contribution in [1.82, 2.24) is 14.7 Å². The molecule has 0 saturated carbocycles. The van der Waals surface area contributed by atoms with Crippen molar-refractivity contribution in [2.24, 2.45) is 7.05 Å². The van der Waals surface area contributed by atoms with E-state index in [1.165, 1.54) is 24.9 Å². The first-order valence-corrected chi connectivity index (χ1v) is 5.78. The lowest BCUT2D eigenvalue weighted by Crippen LogP contribution is -2.25. The summed E-state index contributed by atoms with van der Waals surface area (Å²) in [6.45, 7) is 2.29. The van der Waals surface area contributed by atoms with Crippen molar-refractivity contribution in [3.8, 4) is 0 Å². The van der Waals surface area contributed by atoms with Gasteiger partial charge in [0.25, 0.3) is 0 Å². The van der Waals surface area contributed by atoms with Crippen LogP contribution >= 0.6 is 12.6 Å². The molecule has 1 atom stereocenters. The summed E-state index contributed by atoms with van der Waals surface area (Å²) in [4.78, 5) is 2.50. The van der Waals surface area contributed by atoms with Crippen LogP contribution < -0.4 is 0 Å². The molecule has 1 unspecified atom stereocenters. The molecule has 1 fully saturated rings. The van der Waals surface area contributed by atoms with Crippen LogP contribution in [0, 0.1) is 0 Å². The zero-order valence-corrected chi connectivity index (χ0v) is 9.45. The van der Waals surface area contributed by atoms with Crippen LogP contribution in [0.25, 0.3) is 0 Å². The van der Waals surface area contributed by atoms with E-state index >= 15 is 0 Å². The summed E-state index contributed by atoms with van der Waals surface area (Å²) < 4.78 is 1.88. The Balaban J connectivity index is 2.09. The lowest BCUT2D eigenvalue weighted by Gasteiger charge is -2.22. The van der Waals surface area contributed by atoms with Gasteiger partial charge in [-0.25, -0.2) is 0 Å². The van der Waals surface area contributed by atoms with E-state index in [2.05, 4.69) is 28.8 Å². The molecule has 0 aliphatic carbocycles. The summed E-state index contributed by atoms with van der Waals surface area (Å²) >= 11 is 4.29. The highest BCUT2D eigenvalue weighted by Crippen LogP contribution is 2.30. The van der Waals surface area contributed by atoms with Crippen LogP contribution in [-0.4, -0.2) is 33.5 Å². The molecule has 1 aliphatic heterocycles. The Hall–Kier alpha value is -0.480. The van der Waals surface area contributed by atoms with Crippen LogP contribution in [0.1, 0.15) is 24.4 Å². The Morgan fingerprint density at radius 3 is 3.14 bits per heavy atom. The van der Waals surface area contributed by atoms with E-state index in [0.717, 1.165) is 12.3 Å². The molecule has 3 nitrogen and oxygen atoms in total. The highest BCUT2D eigenvalue weighted by atomic mass is 32.1. The summed E-state index contributed by atoms with van der Waals surface area (Å²) in [7, 11) is 1.97. The molecule has 0 N–H and O–H groups in total. The van der Waals surface area contributed by atoms with Gasteiger partial charge in [-0.05, 0) is 19.4 Å². The van der Waals surface area contributed by atoms with Crippen LogP contribution in [0.4, 0.5) is 0 Å². The van der Waals surface area contributed by atoms with E-state index < -0.39 is 0 Å². The molecular formula is C10H17N3S. The van der Waals surface area contributed by atoms with Gasteiger partial charge in [-0.2, -0.15) is 17.7 Å². The van der Waals surface area contributed by atoms with Crippen molar-refractivity contribution >= 4 is 12.6 Å². The minimum Gasteiger partial charge on any atom is -0.295 e. The third-order valence-electron chi connectivity index (χ3n) is 2.86. The van der Waals surface area contributed by atoms with Gasteiger partial charge in [0, 0.05) is 37.1 Å².